The van der Waals surface area contributed by atoms with Crippen molar-refractivity contribution in [3.8, 4) is 0 Å². The van der Waals surface area contributed by atoms with Crippen LogP contribution in [0.2, 0.25) is 0 Å². The first-order chi connectivity index (χ1) is 15.8. The second-order valence-corrected chi connectivity index (χ2v) is 8.19. The van der Waals surface area contributed by atoms with E-state index >= 15 is 0 Å². The van der Waals surface area contributed by atoms with Gasteiger partial charge in [0, 0.05) is 22.7 Å². The molecule has 3 aromatic rings. The minimum Gasteiger partial charge on any atom is -0.326 e. The average molecular weight is 455 g/mol. The summed E-state index contributed by atoms with van der Waals surface area (Å²) < 4.78 is 38.0. The highest BCUT2D eigenvalue weighted by atomic mass is 19.4. The summed E-state index contributed by atoms with van der Waals surface area (Å²) in [5.41, 5.74) is 0.351. The van der Waals surface area contributed by atoms with Gasteiger partial charge in [-0.3, -0.25) is 14.5 Å². The van der Waals surface area contributed by atoms with Crippen LogP contribution in [0.4, 0.5) is 24.5 Å². The van der Waals surface area contributed by atoms with Crippen LogP contribution in [0.25, 0.3) is 10.8 Å². The normalized spacial score (nSPS) is 15.4. The number of carbonyl (C=O) groups excluding carboxylic acids is 2. The van der Waals surface area contributed by atoms with Crippen LogP contribution in [-0.2, 0) is 15.8 Å². The Morgan fingerprint density at radius 1 is 0.879 bits per heavy atom. The van der Waals surface area contributed by atoms with Gasteiger partial charge in [0.05, 0.1) is 12.1 Å². The average Bonchev–Trinajstić information content (AvgIpc) is 2.79. The molecule has 8 heteroatoms. The van der Waals surface area contributed by atoms with Gasteiger partial charge in [-0.15, -0.1) is 0 Å². The Kier molecular flexibility index (Phi) is 6.65. The van der Waals surface area contributed by atoms with Gasteiger partial charge in [-0.1, -0.05) is 36.4 Å². The number of alkyl halides is 3. The third-order valence-corrected chi connectivity index (χ3v) is 5.87. The zero-order chi connectivity index (χ0) is 23.4. The van der Waals surface area contributed by atoms with Crippen LogP contribution >= 0.6 is 0 Å². The summed E-state index contributed by atoms with van der Waals surface area (Å²) in [6, 6.07) is 18.0. The fraction of sp³-hybridized carbons (Fsp3) is 0.280. The zero-order valence-corrected chi connectivity index (χ0v) is 17.9. The summed E-state index contributed by atoms with van der Waals surface area (Å²) in [7, 11) is 0. The summed E-state index contributed by atoms with van der Waals surface area (Å²) in [5, 5.41) is 7.70. The molecule has 0 aliphatic carbocycles. The van der Waals surface area contributed by atoms with E-state index in [0.717, 1.165) is 28.6 Å². The van der Waals surface area contributed by atoms with Gasteiger partial charge in [-0.2, -0.15) is 13.2 Å². The van der Waals surface area contributed by atoms with Crippen molar-refractivity contribution in [2.45, 2.75) is 19.0 Å². The molecule has 0 saturated carbocycles. The van der Waals surface area contributed by atoms with Crippen molar-refractivity contribution in [1.29, 1.82) is 0 Å². The van der Waals surface area contributed by atoms with Crippen LogP contribution in [0, 0.1) is 5.92 Å². The molecule has 1 saturated heterocycles. The number of halogens is 3. The van der Waals surface area contributed by atoms with Crippen LogP contribution in [0.1, 0.15) is 18.4 Å². The molecule has 0 unspecified atom stereocenters. The molecule has 33 heavy (non-hydrogen) atoms. The first kappa shape index (κ1) is 22.8. The van der Waals surface area contributed by atoms with Crippen molar-refractivity contribution >= 4 is 34.0 Å². The van der Waals surface area contributed by atoms with Gasteiger partial charge in [-0.05, 0) is 61.6 Å². The Hall–Kier alpha value is -3.39. The fourth-order valence-corrected chi connectivity index (χ4v) is 4.07. The van der Waals surface area contributed by atoms with E-state index in [1.807, 2.05) is 47.4 Å². The van der Waals surface area contributed by atoms with Crippen molar-refractivity contribution < 1.29 is 22.8 Å². The van der Waals surface area contributed by atoms with Crippen LogP contribution in [0.15, 0.2) is 66.7 Å². The molecule has 0 spiro atoms. The number of likely N-dealkylation sites (tertiary alicyclic amines) is 1. The van der Waals surface area contributed by atoms with Crippen molar-refractivity contribution in [3.63, 3.8) is 0 Å². The molecule has 2 amide bonds. The number of fused-ring (bicyclic) bond motifs is 1. The van der Waals surface area contributed by atoms with Gasteiger partial charge in [0.15, 0.2) is 0 Å². The third kappa shape index (κ3) is 5.70. The van der Waals surface area contributed by atoms with E-state index in [2.05, 4.69) is 10.6 Å². The van der Waals surface area contributed by atoms with Gasteiger partial charge in [0.25, 0.3) is 0 Å². The zero-order valence-electron chi connectivity index (χ0n) is 17.9. The molecule has 5 nitrogen and oxygen atoms in total. The van der Waals surface area contributed by atoms with E-state index in [0.29, 0.717) is 31.6 Å². The number of rotatable bonds is 5. The molecular weight excluding hydrogens is 431 g/mol. The predicted molar refractivity (Wildman–Crippen MR) is 122 cm³/mol. The van der Waals surface area contributed by atoms with Crippen LogP contribution in [0.3, 0.4) is 0 Å². The first-order valence-electron chi connectivity index (χ1n) is 10.8. The molecular formula is C25H24F3N3O2. The Morgan fingerprint density at radius 3 is 2.24 bits per heavy atom. The number of nitrogens with zero attached hydrogens (tertiary/aromatic N) is 1. The lowest BCUT2D eigenvalue weighted by molar-refractivity contribution is -0.137. The highest BCUT2D eigenvalue weighted by Gasteiger charge is 2.30. The lowest BCUT2D eigenvalue weighted by atomic mass is 9.95. The number of carbonyl (C=O) groups is 2. The summed E-state index contributed by atoms with van der Waals surface area (Å²) >= 11 is 0. The maximum absolute atomic E-state index is 12.7. The van der Waals surface area contributed by atoms with Crippen molar-refractivity contribution in [3.05, 3.63) is 72.3 Å². The summed E-state index contributed by atoms with van der Waals surface area (Å²) in [6.07, 6.45) is -3.25. The number of amides is 2. The second kappa shape index (κ2) is 9.62. The monoisotopic (exact) mass is 455 g/mol. The molecule has 1 aliphatic heterocycles. The maximum atomic E-state index is 12.7. The smallest absolute Gasteiger partial charge is 0.326 e. The summed E-state index contributed by atoms with van der Waals surface area (Å²) in [6.45, 7) is 1.42. The molecule has 1 aliphatic rings. The number of piperidine rings is 1. The number of hydrogen-bond donors (Lipinski definition) is 2. The highest BCUT2D eigenvalue weighted by molar-refractivity contribution is 6.02. The lowest BCUT2D eigenvalue weighted by Gasteiger charge is -2.30. The lowest BCUT2D eigenvalue weighted by Crippen LogP contribution is -2.41. The molecule has 0 radical (unpaired) electrons. The topological polar surface area (TPSA) is 61.4 Å². The SMILES string of the molecule is O=C(CN1CCC(C(=O)Nc2ccc(C(F)(F)F)cc2)CC1)Nc1cccc2ccccc12. The minimum absolute atomic E-state index is 0.112. The minimum atomic E-state index is -4.41. The van der Waals surface area contributed by atoms with E-state index in [1.165, 1.54) is 12.1 Å². The van der Waals surface area contributed by atoms with E-state index in [1.54, 1.807) is 0 Å². The fourth-order valence-electron chi connectivity index (χ4n) is 4.07. The molecule has 2 N–H and O–H groups in total. The molecule has 0 atom stereocenters. The van der Waals surface area contributed by atoms with E-state index in [-0.39, 0.29) is 24.3 Å². The molecule has 1 heterocycles. The number of anilines is 2. The van der Waals surface area contributed by atoms with Crippen LogP contribution in [-0.4, -0.2) is 36.3 Å². The quantitative estimate of drug-likeness (QED) is 0.560. The highest BCUT2D eigenvalue weighted by Crippen LogP contribution is 2.30. The summed E-state index contributed by atoms with van der Waals surface area (Å²) in [4.78, 5) is 27.1. The molecule has 1 fully saturated rings. The Balaban J connectivity index is 1.26. The maximum Gasteiger partial charge on any atom is 0.416 e. The first-order valence-corrected chi connectivity index (χ1v) is 10.8. The second-order valence-electron chi connectivity index (χ2n) is 8.19. The van der Waals surface area contributed by atoms with E-state index in [4.69, 9.17) is 0 Å². The molecule has 172 valence electrons. The van der Waals surface area contributed by atoms with Crippen LogP contribution < -0.4 is 10.6 Å². The van der Waals surface area contributed by atoms with Crippen molar-refractivity contribution in [2.24, 2.45) is 5.92 Å². The van der Waals surface area contributed by atoms with Crippen molar-refractivity contribution in [2.75, 3.05) is 30.3 Å². The Morgan fingerprint density at radius 2 is 1.55 bits per heavy atom. The number of benzene rings is 3. The Labute approximate surface area is 189 Å². The standard InChI is InChI=1S/C25H24F3N3O2/c26-25(27,28)19-8-10-20(11-9-19)29-24(33)18-12-14-31(15-13-18)16-23(32)30-22-7-3-5-17-4-1-2-6-21(17)22/h1-11,18H,12-16H2,(H,29,33)(H,30,32). The van der Waals surface area contributed by atoms with Crippen LogP contribution in [0.5, 0.6) is 0 Å². The van der Waals surface area contributed by atoms with Gasteiger partial charge < -0.3 is 10.6 Å². The van der Waals surface area contributed by atoms with Gasteiger partial charge >= 0.3 is 6.18 Å². The molecule has 0 bridgehead atoms. The molecule has 0 aromatic heterocycles. The van der Waals surface area contributed by atoms with E-state index in [9.17, 15) is 22.8 Å². The van der Waals surface area contributed by atoms with Gasteiger partial charge in [0.1, 0.15) is 0 Å². The largest absolute Gasteiger partial charge is 0.416 e. The Bertz CT molecular complexity index is 1130. The molecule has 4 rings (SSSR count). The molecule has 3 aromatic carbocycles. The van der Waals surface area contributed by atoms with Gasteiger partial charge in [-0.25, -0.2) is 0 Å². The predicted octanol–water partition coefficient (Wildman–Crippen LogP) is 5.15. The number of hydrogen-bond acceptors (Lipinski definition) is 3. The number of nitrogens with one attached hydrogen (secondary N) is 2. The van der Waals surface area contributed by atoms with Crippen molar-refractivity contribution in [1.82, 2.24) is 4.90 Å². The summed E-state index contributed by atoms with van der Waals surface area (Å²) in [5.74, 6) is -0.571. The third-order valence-electron chi connectivity index (χ3n) is 5.87. The van der Waals surface area contributed by atoms with E-state index < -0.39 is 11.7 Å². The van der Waals surface area contributed by atoms with Gasteiger partial charge in [0.2, 0.25) is 11.8 Å².